The number of aliphatic hydroxyl groups excluding tert-OH is 1. The maximum absolute atomic E-state index is 9.48. The molecular weight excluding hydrogens is 238 g/mol. The van der Waals surface area contributed by atoms with Crippen LogP contribution >= 0.6 is 11.6 Å². The smallest absolute Gasteiger partial charge is 0.122 e. The molecule has 0 radical (unpaired) electrons. The molecule has 3 nitrogen and oxygen atoms in total. The Labute approximate surface area is 108 Å². The second-order valence-corrected chi connectivity index (χ2v) is 4.57. The molecule has 17 heavy (non-hydrogen) atoms. The first-order chi connectivity index (χ1) is 8.13. The number of halogens is 1. The molecule has 0 saturated carbocycles. The van der Waals surface area contributed by atoms with Crippen LogP contribution in [-0.2, 0) is 0 Å². The zero-order valence-corrected chi connectivity index (χ0v) is 10.9. The monoisotopic (exact) mass is 257 g/mol. The molecule has 0 heterocycles. The van der Waals surface area contributed by atoms with E-state index < -0.39 is 0 Å². The first-order valence-corrected chi connectivity index (χ1v) is 6.28. The fourth-order valence-corrected chi connectivity index (χ4v) is 1.84. The largest absolute Gasteiger partial charge is 0.493 e. The third-order valence-corrected chi connectivity index (χ3v) is 2.81. The van der Waals surface area contributed by atoms with Gasteiger partial charge in [0.15, 0.2) is 0 Å². The van der Waals surface area contributed by atoms with Crippen LogP contribution in [0, 0.1) is 6.92 Å². The first-order valence-electron chi connectivity index (χ1n) is 5.90. The summed E-state index contributed by atoms with van der Waals surface area (Å²) in [5, 5.41) is 10.2. The van der Waals surface area contributed by atoms with Gasteiger partial charge in [0.2, 0.25) is 0 Å². The van der Waals surface area contributed by atoms with Crippen LogP contribution < -0.4 is 10.5 Å². The number of ether oxygens (including phenoxy) is 1. The molecule has 3 N–H and O–H groups in total. The van der Waals surface area contributed by atoms with Crippen molar-refractivity contribution < 1.29 is 9.84 Å². The van der Waals surface area contributed by atoms with Crippen molar-refractivity contribution >= 4 is 11.6 Å². The Morgan fingerprint density at radius 1 is 1.41 bits per heavy atom. The van der Waals surface area contributed by atoms with Crippen molar-refractivity contribution in [3.05, 3.63) is 28.8 Å². The molecular formula is C13H20ClNO2. The summed E-state index contributed by atoms with van der Waals surface area (Å²) < 4.78 is 5.62. The number of benzene rings is 1. The fraction of sp³-hybridized carbons (Fsp3) is 0.538. The molecule has 0 aliphatic rings. The highest BCUT2D eigenvalue weighted by molar-refractivity contribution is 6.30. The van der Waals surface area contributed by atoms with Crippen LogP contribution in [0.5, 0.6) is 5.75 Å². The van der Waals surface area contributed by atoms with E-state index in [0.717, 1.165) is 24.2 Å². The lowest BCUT2D eigenvalue weighted by atomic mass is 10.1. The van der Waals surface area contributed by atoms with Crippen LogP contribution in [0.15, 0.2) is 18.2 Å². The third kappa shape index (κ3) is 5.39. The predicted octanol–water partition coefficient (Wildman–Crippen LogP) is 2.52. The quantitative estimate of drug-likeness (QED) is 0.738. The zero-order valence-electron chi connectivity index (χ0n) is 10.2. The first kappa shape index (κ1) is 14.3. The second-order valence-electron chi connectivity index (χ2n) is 4.13. The maximum Gasteiger partial charge on any atom is 0.122 e. The van der Waals surface area contributed by atoms with Crippen molar-refractivity contribution in [1.82, 2.24) is 0 Å². The van der Waals surface area contributed by atoms with Crippen LogP contribution in [0.3, 0.4) is 0 Å². The Balaban J connectivity index is 2.26. The topological polar surface area (TPSA) is 55.5 Å². The number of nitrogens with two attached hydrogens (primary N) is 1. The predicted molar refractivity (Wildman–Crippen MR) is 70.6 cm³/mol. The van der Waals surface area contributed by atoms with Gasteiger partial charge in [-0.05, 0) is 56.5 Å². The zero-order chi connectivity index (χ0) is 12.7. The van der Waals surface area contributed by atoms with E-state index in [0.29, 0.717) is 24.6 Å². The maximum atomic E-state index is 9.48. The highest BCUT2D eigenvalue weighted by Crippen LogP contribution is 2.21. The molecule has 1 rings (SSSR count). The molecule has 0 unspecified atom stereocenters. The van der Waals surface area contributed by atoms with E-state index in [1.165, 1.54) is 0 Å². The van der Waals surface area contributed by atoms with Crippen molar-refractivity contribution in [2.24, 2.45) is 5.73 Å². The van der Waals surface area contributed by atoms with E-state index in [4.69, 9.17) is 22.1 Å². The molecule has 0 spiro atoms. The lowest BCUT2D eigenvalue weighted by Gasteiger charge is -2.11. The second kappa shape index (κ2) is 7.54. The van der Waals surface area contributed by atoms with Crippen LogP contribution in [0.1, 0.15) is 24.8 Å². The molecule has 0 amide bonds. The summed E-state index contributed by atoms with van der Waals surface area (Å²) in [6.07, 6.45) is 1.89. The van der Waals surface area contributed by atoms with E-state index >= 15 is 0 Å². The van der Waals surface area contributed by atoms with Gasteiger partial charge in [-0.1, -0.05) is 11.6 Å². The van der Waals surface area contributed by atoms with Crippen LogP contribution in [-0.4, -0.2) is 24.4 Å². The van der Waals surface area contributed by atoms with Gasteiger partial charge in [-0.3, -0.25) is 0 Å². The van der Waals surface area contributed by atoms with Gasteiger partial charge in [0, 0.05) is 5.02 Å². The summed E-state index contributed by atoms with van der Waals surface area (Å²) in [5.41, 5.74) is 6.38. The van der Waals surface area contributed by atoms with E-state index in [9.17, 15) is 5.11 Å². The minimum Gasteiger partial charge on any atom is -0.493 e. The Morgan fingerprint density at radius 2 is 2.18 bits per heavy atom. The van der Waals surface area contributed by atoms with Gasteiger partial charge in [-0.15, -0.1) is 0 Å². The molecule has 1 aromatic carbocycles. The summed E-state index contributed by atoms with van der Waals surface area (Å²) in [6, 6.07) is 5.56. The molecule has 0 bridgehead atoms. The number of hydrogen-bond acceptors (Lipinski definition) is 3. The van der Waals surface area contributed by atoms with E-state index in [-0.39, 0.29) is 6.10 Å². The number of rotatable bonds is 7. The summed E-state index contributed by atoms with van der Waals surface area (Å²) in [7, 11) is 0. The molecule has 0 aliphatic carbocycles. The van der Waals surface area contributed by atoms with Crippen molar-refractivity contribution in [3.8, 4) is 5.75 Å². The summed E-state index contributed by atoms with van der Waals surface area (Å²) in [4.78, 5) is 0. The minimum atomic E-state index is -0.310. The van der Waals surface area contributed by atoms with E-state index in [1.54, 1.807) is 0 Å². The van der Waals surface area contributed by atoms with Crippen molar-refractivity contribution in [1.29, 1.82) is 0 Å². The summed E-state index contributed by atoms with van der Waals surface area (Å²) in [5.74, 6) is 0.850. The van der Waals surface area contributed by atoms with E-state index in [1.807, 2.05) is 25.1 Å². The molecule has 4 heteroatoms. The fourth-order valence-electron chi connectivity index (χ4n) is 1.61. The van der Waals surface area contributed by atoms with Gasteiger partial charge in [-0.25, -0.2) is 0 Å². The molecule has 96 valence electrons. The van der Waals surface area contributed by atoms with Gasteiger partial charge < -0.3 is 15.6 Å². The third-order valence-electron chi connectivity index (χ3n) is 2.58. The van der Waals surface area contributed by atoms with Gasteiger partial charge in [0.05, 0.1) is 12.7 Å². The van der Waals surface area contributed by atoms with Gasteiger partial charge >= 0.3 is 0 Å². The Morgan fingerprint density at radius 3 is 2.82 bits per heavy atom. The van der Waals surface area contributed by atoms with Crippen LogP contribution in [0.4, 0.5) is 0 Å². The number of hydrogen-bond donors (Lipinski definition) is 2. The average Bonchev–Trinajstić information content (AvgIpc) is 2.27. The highest BCUT2D eigenvalue weighted by atomic mass is 35.5. The van der Waals surface area contributed by atoms with Gasteiger partial charge in [0.25, 0.3) is 0 Å². The summed E-state index contributed by atoms with van der Waals surface area (Å²) in [6.45, 7) is 3.09. The number of aliphatic hydroxyl groups is 1. The molecule has 0 aliphatic heterocycles. The highest BCUT2D eigenvalue weighted by Gasteiger charge is 2.04. The lowest BCUT2D eigenvalue weighted by Crippen LogP contribution is -2.14. The SMILES string of the molecule is Cc1cc(Cl)ccc1OCCC[C@H](O)CCN. The summed E-state index contributed by atoms with van der Waals surface area (Å²) >= 11 is 5.85. The molecule has 1 atom stereocenters. The molecule has 1 aromatic rings. The van der Waals surface area contributed by atoms with Crippen molar-refractivity contribution in [3.63, 3.8) is 0 Å². The standard InChI is InChI=1S/C13H20ClNO2/c1-10-9-11(14)4-5-13(10)17-8-2-3-12(16)6-7-15/h4-5,9,12,16H,2-3,6-8,15H2,1H3/t12-/m0/s1. The molecule has 0 fully saturated rings. The van der Waals surface area contributed by atoms with Gasteiger partial charge in [0.1, 0.15) is 5.75 Å². The van der Waals surface area contributed by atoms with Crippen LogP contribution in [0.25, 0.3) is 0 Å². The number of aryl methyl sites for hydroxylation is 1. The average molecular weight is 258 g/mol. The van der Waals surface area contributed by atoms with Crippen LogP contribution in [0.2, 0.25) is 5.02 Å². The molecule has 0 saturated heterocycles. The lowest BCUT2D eigenvalue weighted by molar-refractivity contribution is 0.146. The Kier molecular flexibility index (Phi) is 6.34. The van der Waals surface area contributed by atoms with E-state index in [2.05, 4.69) is 0 Å². The minimum absolute atomic E-state index is 0.310. The molecule has 0 aromatic heterocycles. The van der Waals surface area contributed by atoms with Crippen molar-refractivity contribution in [2.75, 3.05) is 13.2 Å². The normalized spacial score (nSPS) is 12.5. The Hall–Kier alpha value is -0.770. The van der Waals surface area contributed by atoms with Gasteiger partial charge in [-0.2, -0.15) is 0 Å². The van der Waals surface area contributed by atoms with Crippen molar-refractivity contribution in [2.45, 2.75) is 32.3 Å². The Bertz CT molecular complexity index is 344.